The number of ether oxygens (including phenoxy) is 1. The van der Waals surface area contributed by atoms with Gasteiger partial charge in [-0.15, -0.1) is 11.3 Å². The number of rotatable bonds is 6. The number of nitrogens with one attached hydrogen (secondary N) is 1. The number of hydrogen-bond donors (Lipinski definition) is 2. The maximum atomic E-state index is 11.8. The number of methoxy groups -OCH3 is 1. The average Bonchev–Trinajstić information content (AvgIpc) is 2.66. The first-order chi connectivity index (χ1) is 8.43. The van der Waals surface area contributed by atoms with Gasteiger partial charge in [-0.05, 0) is 21.8 Å². The summed E-state index contributed by atoms with van der Waals surface area (Å²) in [4.78, 5) is 22.8. The number of amides is 1. The molecule has 1 amide bonds. The molecule has 1 aromatic rings. The van der Waals surface area contributed by atoms with Crippen LogP contribution in [-0.4, -0.2) is 30.6 Å². The van der Waals surface area contributed by atoms with Crippen LogP contribution >= 0.6 is 27.3 Å². The van der Waals surface area contributed by atoms with Gasteiger partial charge in [0, 0.05) is 19.0 Å². The van der Waals surface area contributed by atoms with Crippen LogP contribution in [0, 0.1) is 5.92 Å². The van der Waals surface area contributed by atoms with Crippen LogP contribution in [0.1, 0.15) is 23.0 Å². The molecule has 1 rings (SSSR count). The second kappa shape index (κ2) is 6.75. The third-order valence-corrected chi connectivity index (χ3v) is 4.01. The zero-order valence-corrected chi connectivity index (χ0v) is 12.4. The Kier molecular flexibility index (Phi) is 5.61. The lowest BCUT2D eigenvalue weighted by Gasteiger charge is -2.09. The Balaban J connectivity index is 2.52. The van der Waals surface area contributed by atoms with Crippen LogP contribution in [0.2, 0.25) is 0 Å². The molecule has 100 valence electrons. The fourth-order valence-electron chi connectivity index (χ4n) is 1.33. The van der Waals surface area contributed by atoms with Crippen molar-refractivity contribution in [3.05, 3.63) is 14.7 Å². The predicted molar refractivity (Wildman–Crippen MR) is 72.3 cm³/mol. The Hall–Kier alpha value is -1.08. The van der Waals surface area contributed by atoms with Gasteiger partial charge in [-0.25, -0.2) is 0 Å². The van der Waals surface area contributed by atoms with Gasteiger partial charge in [0.1, 0.15) is 9.54 Å². The second-order valence-corrected chi connectivity index (χ2v) is 6.24. The van der Waals surface area contributed by atoms with Crippen LogP contribution in [-0.2, 0) is 4.79 Å². The monoisotopic (exact) mass is 335 g/mol. The number of thiophene rings is 1. The average molecular weight is 336 g/mol. The summed E-state index contributed by atoms with van der Waals surface area (Å²) in [5.74, 6) is -0.570. The molecule has 7 heteroatoms. The lowest BCUT2D eigenvalue weighted by Crippen LogP contribution is -2.28. The number of carbonyl (C=O) groups excluding carboxylic acids is 1. The van der Waals surface area contributed by atoms with Gasteiger partial charge in [0.05, 0.1) is 12.0 Å². The molecule has 0 fully saturated rings. The molecular formula is C11H14BrNO4S. The molecule has 0 aliphatic carbocycles. The molecule has 1 atom stereocenters. The van der Waals surface area contributed by atoms with E-state index in [-0.39, 0.29) is 18.2 Å². The van der Waals surface area contributed by atoms with Crippen LogP contribution in [0.3, 0.4) is 0 Å². The van der Waals surface area contributed by atoms with Crippen LogP contribution < -0.4 is 10.1 Å². The molecular weight excluding hydrogens is 322 g/mol. The summed E-state index contributed by atoms with van der Waals surface area (Å²) in [7, 11) is 1.53. The molecule has 2 N–H and O–H groups in total. The summed E-state index contributed by atoms with van der Waals surface area (Å²) in [6.07, 6.45) is 0.0394. The molecule has 0 aliphatic heterocycles. The smallest absolute Gasteiger partial charge is 0.303 e. The number of carboxylic acid groups (broad SMARTS) is 1. The molecule has 1 unspecified atom stereocenters. The molecule has 5 nitrogen and oxygen atoms in total. The van der Waals surface area contributed by atoms with E-state index in [1.54, 1.807) is 13.0 Å². The van der Waals surface area contributed by atoms with Crippen molar-refractivity contribution in [2.24, 2.45) is 5.92 Å². The Morgan fingerprint density at radius 2 is 2.28 bits per heavy atom. The SMILES string of the molecule is COc1cc(C(=O)NCC(C)CC(=O)O)sc1Br. The largest absolute Gasteiger partial charge is 0.495 e. The van der Waals surface area contributed by atoms with Gasteiger partial charge in [-0.2, -0.15) is 0 Å². The third-order valence-electron chi connectivity index (χ3n) is 2.23. The topological polar surface area (TPSA) is 75.6 Å². The number of halogens is 1. The van der Waals surface area contributed by atoms with E-state index in [0.717, 1.165) is 3.79 Å². The molecule has 0 saturated carbocycles. The summed E-state index contributed by atoms with van der Waals surface area (Å²) < 4.78 is 5.82. The van der Waals surface area contributed by atoms with Crippen LogP contribution in [0.5, 0.6) is 5.75 Å². The van der Waals surface area contributed by atoms with Crippen molar-refractivity contribution >= 4 is 39.1 Å². The lowest BCUT2D eigenvalue weighted by atomic mass is 10.1. The zero-order valence-electron chi connectivity index (χ0n) is 10.0. The first-order valence-electron chi connectivity index (χ1n) is 5.27. The van der Waals surface area contributed by atoms with Crippen molar-refractivity contribution in [2.75, 3.05) is 13.7 Å². The summed E-state index contributed by atoms with van der Waals surface area (Å²) >= 11 is 4.57. The van der Waals surface area contributed by atoms with Crippen molar-refractivity contribution in [3.63, 3.8) is 0 Å². The fraction of sp³-hybridized carbons (Fsp3) is 0.455. The van der Waals surface area contributed by atoms with Crippen molar-refractivity contribution < 1.29 is 19.4 Å². The number of aliphatic carboxylic acids is 1. The van der Waals surface area contributed by atoms with Gasteiger partial charge >= 0.3 is 5.97 Å². The second-order valence-electron chi connectivity index (χ2n) is 3.87. The Labute approximate surface area is 117 Å². The van der Waals surface area contributed by atoms with E-state index in [2.05, 4.69) is 21.2 Å². The highest BCUT2D eigenvalue weighted by atomic mass is 79.9. The van der Waals surface area contributed by atoms with Crippen molar-refractivity contribution in [1.29, 1.82) is 0 Å². The van der Waals surface area contributed by atoms with Crippen molar-refractivity contribution in [2.45, 2.75) is 13.3 Å². The minimum Gasteiger partial charge on any atom is -0.495 e. The summed E-state index contributed by atoms with van der Waals surface area (Å²) in [6, 6.07) is 1.64. The first-order valence-corrected chi connectivity index (χ1v) is 6.88. The molecule has 0 aromatic carbocycles. The summed E-state index contributed by atoms with van der Waals surface area (Å²) in [5.41, 5.74) is 0. The van der Waals surface area contributed by atoms with E-state index in [1.807, 2.05) is 0 Å². The lowest BCUT2D eigenvalue weighted by molar-refractivity contribution is -0.137. The van der Waals surface area contributed by atoms with E-state index in [0.29, 0.717) is 17.2 Å². The normalized spacial score (nSPS) is 11.9. The number of carbonyl (C=O) groups is 2. The molecule has 1 heterocycles. The van der Waals surface area contributed by atoms with Gasteiger partial charge in [0.15, 0.2) is 0 Å². The van der Waals surface area contributed by atoms with Crippen LogP contribution in [0.25, 0.3) is 0 Å². The molecule has 1 aromatic heterocycles. The van der Waals surface area contributed by atoms with Gasteiger partial charge in [0.2, 0.25) is 0 Å². The third kappa shape index (κ3) is 4.30. The van der Waals surface area contributed by atoms with Gasteiger partial charge in [-0.3, -0.25) is 9.59 Å². The molecule has 0 radical (unpaired) electrons. The zero-order chi connectivity index (χ0) is 13.7. The molecule has 18 heavy (non-hydrogen) atoms. The molecule has 0 bridgehead atoms. The van der Waals surface area contributed by atoms with Crippen molar-refractivity contribution in [3.8, 4) is 5.75 Å². The van der Waals surface area contributed by atoms with Crippen molar-refractivity contribution in [1.82, 2.24) is 5.32 Å². The van der Waals surface area contributed by atoms with Gasteiger partial charge in [0.25, 0.3) is 5.91 Å². The van der Waals surface area contributed by atoms with Crippen LogP contribution in [0.15, 0.2) is 9.85 Å². The maximum absolute atomic E-state index is 11.8. The summed E-state index contributed by atoms with van der Waals surface area (Å²) in [6.45, 7) is 2.11. The minimum absolute atomic E-state index is 0.0394. The number of carboxylic acids is 1. The first kappa shape index (κ1) is 15.0. The van der Waals surface area contributed by atoms with E-state index in [1.165, 1.54) is 18.4 Å². The minimum atomic E-state index is -0.864. The molecule has 0 spiro atoms. The van der Waals surface area contributed by atoms with E-state index >= 15 is 0 Å². The van der Waals surface area contributed by atoms with Gasteiger partial charge in [-0.1, -0.05) is 6.92 Å². The Morgan fingerprint density at radius 3 is 2.78 bits per heavy atom. The Morgan fingerprint density at radius 1 is 1.61 bits per heavy atom. The highest BCUT2D eigenvalue weighted by Crippen LogP contribution is 2.34. The fourth-order valence-corrected chi connectivity index (χ4v) is 2.89. The highest BCUT2D eigenvalue weighted by molar-refractivity contribution is 9.11. The maximum Gasteiger partial charge on any atom is 0.303 e. The predicted octanol–water partition coefficient (Wildman–Crippen LogP) is 2.36. The van der Waals surface area contributed by atoms with E-state index in [4.69, 9.17) is 9.84 Å². The molecule has 0 saturated heterocycles. The van der Waals surface area contributed by atoms with E-state index < -0.39 is 5.97 Å². The summed E-state index contributed by atoms with van der Waals surface area (Å²) in [5, 5.41) is 11.3. The van der Waals surface area contributed by atoms with E-state index in [9.17, 15) is 9.59 Å². The number of hydrogen-bond acceptors (Lipinski definition) is 4. The quantitative estimate of drug-likeness (QED) is 0.836. The Bertz CT molecular complexity index is 446. The molecule has 0 aliphatic rings. The van der Waals surface area contributed by atoms with Gasteiger partial charge < -0.3 is 15.2 Å². The van der Waals surface area contributed by atoms with Crippen LogP contribution in [0.4, 0.5) is 0 Å². The highest BCUT2D eigenvalue weighted by Gasteiger charge is 2.15. The standard InChI is InChI=1S/C11H14BrNO4S/c1-6(3-9(14)15)5-13-11(16)8-4-7(17-2)10(12)18-8/h4,6H,3,5H2,1-2H3,(H,13,16)(H,14,15).